The highest BCUT2D eigenvalue weighted by atomic mass is 16.1. The van der Waals surface area contributed by atoms with Crippen LogP contribution in [0.5, 0.6) is 0 Å². The van der Waals surface area contributed by atoms with Crippen LogP contribution in [0.2, 0.25) is 0 Å². The van der Waals surface area contributed by atoms with E-state index in [1.54, 1.807) is 0 Å². The Morgan fingerprint density at radius 1 is 1.00 bits per heavy atom. The Morgan fingerprint density at radius 2 is 1.69 bits per heavy atom. The molecule has 0 bridgehead atoms. The van der Waals surface area contributed by atoms with Gasteiger partial charge in [0.1, 0.15) is 0 Å². The van der Waals surface area contributed by atoms with Crippen molar-refractivity contribution in [1.29, 1.82) is 0 Å². The van der Waals surface area contributed by atoms with Crippen LogP contribution in [0.25, 0.3) is 0 Å². The van der Waals surface area contributed by atoms with E-state index in [-0.39, 0.29) is 12.5 Å². The number of likely N-dealkylation sites (N-methyl/N-ethyl adjacent to an activating group) is 1. The van der Waals surface area contributed by atoms with E-state index < -0.39 is 0 Å². The van der Waals surface area contributed by atoms with Crippen LogP contribution in [-0.4, -0.2) is 50.6 Å². The number of hydrogen-bond acceptors (Lipinski definition) is 4. The van der Waals surface area contributed by atoms with Crippen molar-refractivity contribution in [3.8, 4) is 0 Å². The minimum absolute atomic E-state index is 0.0387. The molecule has 3 rings (SSSR count). The second-order valence-electron chi connectivity index (χ2n) is 6.75. The molecule has 1 amide bonds. The van der Waals surface area contributed by atoms with Crippen LogP contribution < -0.4 is 15.5 Å². The van der Waals surface area contributed by atoms with Crippen LogP contribution in [0.3, 0.4) is 0 Å². The molecule has 138 valence electrons. The van der Waals surface area contributed by atoms with Gasteiger partial charge in [-0.25, -0.2) is 0 Å². The molecule has 1 saturated heterocycles. The van der Waals surface area contributed by atoms with E-state index in [1.165, 1.54) is 11.3 Å². The molecule has 0 unspecified atom stereocenters. The lowest BCUT2D eigenvalue weighted by Gasteiger charge is -2.34. The number of aryl methyl sites for hydroxylation is 1. The maximum atomic E-state index is 12.2. The number of rotatable bonds is 6. The van der Waals surface area contributed by atoms with Crippen molar-refractivity contribution in [2.24, 2.45) is 0 Å². The number of para-hydroxylation sites is 1. The number of benzene rings is 2. The van der Waals surface area contributed by atoms with Crippen LogP contribution in [0.15, 0.2) is 48.5 Å². The molecule has 0 aliphatic carbocycles. The summed E-state index contributed by atoms with van der Waals surface area (Å²) in [4.78, 5) is 16.9. The summed E-state index contributed by atoms with van der Waals surface area (Å²) in [7, 11) is 2.16. The third-order valence-corrected chi connectivity index (χ3v) is 4.86. The molecule has 1 aliphatic rings. The maximum absolute atomic E-state index is 12.2. The van der Waals surface area contributed by atoms with Gasteiger partial charge in [0.25, 0.3) is 0 Å². The van der Waals surface area contributed by atoms with Gasteiger partial charge < -0.3 is 20.4 Å². The average molecular weight is 352 g/mol. The standard InChI is InChI=1S/C21H28N4O/c1-3-17-6-4-5-7-20(17)22-16-21(26)23-18-8-10-19(11-9-18)25-14-12-24(2)13-15-25/h4-11,22H,3,12-16H2,1-2H3,(H,23,26). The minimum Gasteiger partial charge on any atom is -0.376 e. The van der Waals surface area contributed by atoms with E-state index >= 15 is 0 Å². The van der Waals surface area contributed by atoms with E-state index in [9.17, 15) is 4.79 Å². The topological polar surface area (TPSA) is 47.6 Å². The highest BCUT2D eigenvalue weighted by Gasteiger charge is 2.14. The monoisotopic (exact) mass is 352 g/mol. The molecule has 0 saturated carbocycles. The predicted molar refractivity (Wildman–Crippen MR) is 109 cm³/mol. The van der Waals surface area contributed by atoms with Crippen molar-refractivity contribution in [3.05, 3.63) is 54.1 Å². The summed E-state index contributed by atoms with van der Waals surface area (Å²) < 4.78 is 0. The first-order valence-electron chi connectivity index (χ1n) is 9.31. The molecular formula is C21H28N4O. The van der Waals surface area contributed by atoms with Crippen molar-refractivity contribution in [2.45, 2.75) is 13.3 Å². The normalized spacial score (nSPS) is 14.9. The van der Waals surface area contributed by atoms with Crippen LogP contribution in [0.1, 0.15) is 12.5 Å². The number of carbonyl (C=O) groups excluding carboxylic acids is 1. The van der Waals surface area contributed by atoms with E-state index in [0.29, 0.717) is 0 Å². The first kappa shape index (κ1) is 18.3. The van der Waals surface area contributed by atoms with E-state index in [0.717, 1.165) is 44.0 Å². The lowest BCUT2D eigenvalue weighted by atomic mass is 10.1. The van der Waals surface area contributed by atoms with E-state index in [4.69, 9.17) is 0 Å². The summed E-state index contributed by atoms with van der Waals surface area (Å²) in [6.07, 6.45) is 0.943. The van der Waals surface area contributed by atoms with Gasteiger partial charge in [0, 0.05) is 43.2 Å². The summed E-state index contributed by atoms with van der Waals surface area (Å²) in [5.41, 5.74) is 4.29. The lowest BCUT2D eigenvalue weighted by molar-refractivity contribution is -0.114. The van der Waals surface area contributed by atoms with Gasteiger partial charge in [-0.15, -0.1) is 0 Å². The fourth-order valence-corrected chi connectivity index (χ4v) is 3.20. The van der Waals surface area contributed by atoms with Gasteiger partial charge >= 0.3 is 0 Å². The number of nitrogens with zero attached hydrogens (tertiary/aromatic N) is 2. The molecule has 1 aliphatic heterocycles. The van der Waals surface area contributed by atoms with Crippen molar-refractivity contribution < 1.29 is 4.79 Å². The molecular weight excluding hydrogens is 324 g/mol. The summed E-state index contributed by atoms with van der Waals surface area (Å²) in [5, 5.41) is 6.19. The van der Waals surface area contributed by atoms with Crippen molar-refractivity contribution >= 4 is 23.0 Å². The van der Waals surface area contributed by atoms with Gasteiger partial charge in [0.2, 0.25) is 5.91 Å². The molecule has 0 radical (unpaired) electrons. The van der Waals surface area contributed by atoms with Crippen LogP contribution >= 0.6 is 0 Å². The van der Waals surface area contributed by atoms with Gasteiger partial charge in [-0.05, 0) is 49.4 Å². The summed E-state index contributed by atoms with van der Waals surface area (Å²) >= 11 is 0. The molecule has 2 N–H and O–H groups in total. The van der Waals surface area contributed by atoms with Gasteiger partial charge in [0.15, 0.2) is 0 Å². The average Bonchev–Trinajstić information content (AvgIpc) is 2.68. The minimum atomic E-state index is -0.0387. The zero-order valence-electron chi connectivity index (χ0n) is 15.7. The number of amides is 1. The number of anilines is 3. The van der Waals surface area contributed by atoms with Crippen LogP contribution in [0.4, 0.5) is 17.1 Å². The Bertz CT molecular complexity index is 721. The first-order chi connectivity index (χ1) is 12.7. The fraction of sp³-hybridized carbons (Fsp3) is 0.381. The fourth-order valence-electron chi connectivity index (χ4n) is 3.20. The second kappa shape index (κ2) is 8.72. The molecule has 1 fully saturated rings. The Balaban J connectivity index is 1.51. The number of nitrogens with one attached hydrogen (secondary N) is 2. The van der Waals surface area contributed by atoms with E-state index in [1.807, 2.05) is 30.3 Å². The Morgan fingerprint density at radius 3 is 2.38 bits per heavy atom. The first-order valence-corrected chi connectivity index (χ1v) is 9.31. The van der Waals surface area contributed by atoms with Gasteiger partial charge in [-0.2, -0.15) is 0 Å². The van der Waals surface area contributed by atoms with Crippen molar-refractivity contribution in [1.82, 2.24) is 4.90 Å². The Kier molecular flexibility index (Phi) is 6.12. The van der Waals surface area contributed by atoms with Crippen LogP contribution in [0, 0.1) is 0 Å². The van der Waals surface area contributed by atoms with Crippen molar-refractivity contribution in [3.63, 3.8) is 0 Å². The molecule has 0 spiro atoms. The number of carbonyl (C=O) groups is 1. The summed E-state index contributed by atoms with van der Waals surface area (Å²) in [5.74, 6) is -0.0387. The quantitative estimate of drug-likeness (QED) is 0.839. The zero-order chi connectivity index (χ0) is 18.4. The van der Waals surface area contributed by atoms with E-state index in [2.05, 4.69) is 52.6 Å². The molecule has 1 heterocycles. The zero-order valence-corrected chi connectivity index (χ0v) is 15.7. The maximum Gasteiger partial charge on any atom is 0.243 e. The smallest absolute Gasteiger partial charge is 0.243 e. The highest BCUT2D eigenvalue weighted by molar-refractivity contribution is 5.94. The van der Waals surface area contributed by atoms with Crippen LogP contribution in [-0.2, 0) is 11.2 Å². The molecule has 2 aromatic rings. The Hall–Kier alpha value is -2.53. The third-order valence-electron chi connectivity index (χ3n) is 4.86. The molecule has 5 heteroatoms. The largest absolute Gasteiger partial charge is 0.376 e. The lowest BCUT2D eigenvalue weighted by Crippen LogP contribution is -2.44. The number of hydrogen-bond donors (Lipinski definition) is 2. The summed E-state index contributed by atoms with van der Waals surface area (Å²) in [6.45, 7) is 6.64. The predicted octanol–water partition coefficient (Wildman–Crippen LogP) is 3.05. The number of piperazine rings is 1. The molecule has 0 aromatic heterocycles. The molecule has 0 atom stereocenters. The van der Waals surface area contributed by atoms with Gasteiger partial charge in [-0.3, -0.25) is 4.79 Å². The second-order valence-corrected chi connectivity index (χ2v) is 6.75. The van der Waals surface area contributed by atoms with Crippen molar-refractivity contribution in [2.75, 3.05) is 55.3 Å². The highest BCUT2D eigenvalue weighted by Crippen LogP contribution is 2.19. The Labute approximate surface area is 156 Å². The van der Waals surface area contributed by atoms with Gasteiger partial charge in [0.05, 0.1) is 6.54 Å². The van der Waals surface area contributed by atoms with Gasteiger partial charge in [-0.1, -0.05) is 25.1 Å². The molecule has 5 nitrogen and oxygen atoms in total. The third kappa shape index (κ3) is 4.76. The molecule has 26 heavy (non-hydrogen) atoms. The summed E-state index contributed by atoms with van der Waals surface area (Å²) in [6, 6.07) is 16.2. The SMILES string of the molecule is CCc1ccccc1NCC(=O)Nc1ccc(N2CCN(C)CC2)cc1. The molecule has 2 aromatic carbocycles.